The molecule has 4 nitrogen and oxygen atoms in total. The van der Waals surface area contributed by atoms with Crippen LogP contribution in [0.1, 0.15) is 21.8 Å². The number of aromatic nitrogens is 1. The molecule has 1 N–H and O–H groups in total. The summed E-state index contributed by atoms with van der Waals surface area (Å²) in [5, 5.41) is 6.20. The van der Waals surface area contributed by atoms with Gasteiger partial charge in [0.25, 0.3) is 0 Å². The number of amides is 1. The number of halogens is 1. The number of hydrogen-bond acceptors (Lipinski definition) is 4. The van der Waals surface area contributed by atoms with Crippen LogP contribution in [-0.4, -0.2) is 10.9 Å². The number of hydrogen-bond donors (Lipinski definition) is 1. The van der Waals surface area contributed by atoms with Gasteiger partial charge in [0.15, 0.2) is 0 Å². The fourth-order valence-electron chi connectivity index (χ4n) is 2.32. The zero-order valence-electron chi connectivity index (χ0n) is 14.6. The molecule has 0 saturated heterocycles. The van der Waals surface area contributed by atoms with Gasteiger partial charge in [-0.25, -0.2) is 4.98 Å². The van der Waals surface area contributed by atoms with Crippen molar-refractivity contribution in [2.45, 2.75) is 26.9 Å². The second-order valence-corrected chi connectivity index (χ2v) is 7.37. The molecule has 0 saturated carbocycles. The minimum Gasteiger partial charge on any atom is -0.486 e. The Balaban J connectivity index is 1.53. The molecule has 0 radical (unpaired) electrons. The van der Waals surface area contributed by atoms with Crippen LogP contribution in [0.15, 0.2) is 47.8 Å². The minimum atomic E-state index is -0.124. The van der Waals surface area contributed by atoms with Crippen molar-refractivity contribution in [3.63, 3.8) is 0 Å². The maximum absolute atomic E-state index is 12.2. The number of nitrogens with zero attached hydrogens (tertiary/aromatic N) is 1. The average Bonchev–Trinajstić information content (AvgIpc) is 3.05. The van der Waals surface area contributed by atoms with Crippen molar-refractivity contribution in [1.29, 1.82) is 0 Å². The van der Waals surface area contributed by atoms with E-state index in [-0.39, 0.29) is 12.3 Å². The lowest BCUT2D eigenvalue weighted by atomic mass is 10.2. The Morgan fingerprint density at radius 2 is 1.96 bits per heavy atom. The first kappa shape index (κ1) is 18.4. The second-order valence-electron chi connectivity index (χ2n) is 6.02. The summed E-state index contributed by atoms with van der Waals surface area (Å²) >= 11 is 7.57. The van der Waals surface area contributed by atoms with Crippen molar-refractivity contribution in [1.82, 2.24) is 4.98 Å². The molecule has 6 heteroatoms. The van der Waals surface area contributed by atoms with Gasteiger partial charge in [-0.1, -0.05) is 35.4 Å². The maximum Gasteiger partial charge on any atom is 0.230 e. The molecule has 3 aromatic rings. The molecule has 134 valence electrons. The Labute approximate surface area is 161 Å². The van der Waals surface area contributed by atoms with Gasteiger partial charge in [0.2, 0.25) is 5.91 Å². The number of nitrogens with one attached hydrogen (secondary N) is 1. The van der Waals surface area contributed by atoms with Crippen LogP contribution in [0.3, 0.4) is 0 Å². The van der Waals surface area contributed by atoms with E-state index in [9.17, 15) is 4.79 Å². The monoisotopic (exact) mass is 386 g/mol. The normalized spacial score (nSPS) is 10.6. The summed E-state index contributed by atoms with van der Waals surface area (Å²) in [5.41, 5.74) is 3.58. The fourth-order valence-corrected chi connectivity index (χ4v) is 3.20. The van der Waals surface area contributed by atoms with E-state index in [0.29, 0.717) is 17.3 Å². The van der Waals surface area contributed by atoms with Gasteiger partial charge in [0, 0.05) is 16.1 Å². The minimum absolute atomic E-state index is 0.124. The lowest BCUT2D eigenvalue weighted by Crippen LogP contribution is -2.14. The first-order chi connectivity index (χ1) is 12.5. The quantitative estimate of drug-likeness (QED) is 0.635. The lowest BCUT2D eigenvalue weighted by molar-refractivity contribution is -0.115. The highest BCUT2D eigenvalue weighted by atomic mass is 35.5. The second kappa shape index (κ2) is 8.34. The Morgan fingerprint density at radius 1 is 1.19 bits per heavy atom. The standard InChI is InChI=1S/C20H19ClN2O2S/c1-13-3-7-17(8-4-13)25-11-20-23-16(12-26-20)10-19(24)22-15-6-5-14(2)18(21)9-15/h3-9,12H,10-11H2,1-2H3,(H,22,24). The van der Waals surface area contributed by atoms with Gasteiger partial charge in [-0.3, -0.25) is 4.79 Å². The van der Waals surface area contributed by atoms with E-state index >= 15 is 0 Å². The molecule has 0 atom stereocenters. The molecular formula is C20H19ClN2O2S. The summed E-state index contributed by atoms with van der Waals surface area (Å²) < 4.78 is 5.72. The zero-order chi connectivity index (χ0) is 18.5. The Kier molecular flexibility index (Phi) is 5.91. The van der Waals surface area contributed by atoms with Gasteiger partial charge in [-0.2, -0.15) is 0 Å². The molecule has 0 bridgehead atoms. The topological polar surface area (TPSA) is 51.2 Å². The van der Waals surface area contributed by atoms with Crippen molar-refractivity contribution < 1.29 is 9.53 Å². The molecule has 0 fully saturated rings. The van der Waals surface area contributed by atoms with Gasteiger partial charge in [-0.15, -0.1) is 11.3 Å². The smallest absolute Gasteiger partial charge is 0.230 e. The van der Waals surface area contributed by atoms with E-state index in [2.05, 4.69) is 10.3 Å². The third-order valence-corrected chi connectivity index (χ3v) is 5.06. The SMILES string of the molecule is Cc1ccc(OCc2nc(CC(=O)Nc3ccc(C)c(Cl)c3)cs2)cc1. The summed E-state index contributed by atoms with van der Waals surface area (Å²) in [6.45, 7) is 4.35. The van der Waals surface area contributed by atoms with Crippen molar-refractivity contribution >= 4 is 34.5 Å². The molecule has 0 spiro atoms. The third-order valence-electron chi connectivity index (χ3n) is 3.78. The summed E-state index contributed by atoms with van der Waals surface area (Å²) in [7, 11) is 0. The molecule has 0 aliphatic rings. The highest BCUT2D eigenvalue weighted by Gasteiger charge is 2.09. The number of carbonyl (C=O) groups is 1. The molecule has 1 amide bonds. The van der Waals surface area contributed by atoms with Gasteiger partial charge in [0.05, 0.1) is 12.1 Å². The highest BCUT2D eigenvalue weighted by molar-refractivity contribution is 7.09. The van der Waals surface area contributed by atoms with Gasteiger partial charge < -0.3 is 10.1 Å². The van der Waals surface area contributed by atoms with Crippen LogP contribution in [0.25, 0.3) is 0 Å². The van der Waals surface area contributed by atoms with Crippen LogP contribution in [0.5, 0.6) is 5.75 Å². The average molecular weight is 387 g/mol. The molecule has 3 rings (SSSR count). The predicted molar refractivity (Wildman–Crippen MR) is 106 cm³/mol. The van der Waals surface area contributed by atoms with E-state index in [1.165, 1.54) is 16.9 Å². The first-order valence-corrected chi connectivity index (χ1v) is 9.44. The third kappa shape index (κ3) is 5.07. The number of benzene rings is 2. The molecule has 0 aliphatic heterocycles. The van der Waals surface area contributed by atoms with Crippen LogP contribution in [0.2, 0.25) is 5.02 Å². The van der Waals surface area contributed by atoms with E-state index in [1.54, 1.807) is 6.07 Å². The van der Waals surface area contributed by atoms with Crippen LogP contribution < -0.4 is 10.1 Å². The van der Waals surface area contributed by atoms with E-state index in [0.717, 1.165) is 22.0 Å². The molecule has 1 aromatic heterocycles. The molecule has 26 heavy (non-hydrogen) atoms. The van der Waals surface area contributed by atoms with Gasteiger partial charge in [-0.05, 0) is 43.7 Å². The van der Waals surface area contributed by atoms with E-state index in [1.807, 2.05) is 55.6 Å². The summed E-state index contributed by atoms with van der Waals surface area (Å²) in [5.74, 6) is 0.683. The first-order valence-electron chi connectivity index (χ1n) is 8.18. The summed E-state index contributed by atoms with van der Waals surface area (Å²) in [4.78, 5) is 16.6. The Bertz CT molecular complexity index is 906. The van der Waals surface area contributed by atoms with Crippen molar-refractivity contribution in [2.24, 2.45) is 0 Å². The molecule has 2 aromatic carbocycles. The van der Waals surface area contributed by atoms with Crippen LogP contribution in [-0.2, 0) is 17.8 Å². The lowest BCUT2D eigenvalue weighted by Gasteiger charge is -2.06. The molecule has 0 aliphatic carbocycles. The number of aryl methyl sites for hydroxylation is 2. The highest BCUT2D eigenvalue weighted by Crippen LogP contribution is 2.20. The van der Waals surface area contributed by atoms with Crippen LogP contribution in [0, 0.1) is 13.8 Å². The summed E-state index contributed by atoms with van der Waals surface area (Å²) in [6, 6.07) is 13.3. The van der Waals surface area contributed by atoms with Crippen molar-refractivity contribution in [2.75, 3.05) is 5.32 Å². The molecule has 1 heterocycles. The fraction of sp³-hybridized carbons (Fsp3) is 0.200. The van der Waals surface area contributed by atoms with Gasteiger partial charge >= 0.3 is 0 Å². The number of anilines is 1. The number of ether oxygens (including phenoxy) is 1. The number of rotatable bonds is 6. The Hall–Kier alpha value is -2.37. The van der Waals surface area contributed by atoms with E-state index in [4.69, 9.17) is 16.3 Å². The largest absolute Gasteiger partial charge is 0.486 e. The van der Waals surface area contributed by atoms with Crippen LogP contribution >= 0.6 is 22.9 Å². The summed E-state index contributed by atoms with van der Waals surface area (Å²) in [6.07, 6.45) is 0.215. The maximum atomic E-state index is 12.2. The van der Waals surface area contributed by atoms with E-state index < -0.39 is 0 Å². The van der Waals surface area contributed by atoms with Gasteiger partial charge in [0.1, 0.15) is 17.4 Å². The predicted octanol–water partition coefficient (Wildman–Crippen LogP) is 5.17. The zero-order valence-corrected chi connectivity index (χ0v) is 16.2. The number of carbonyl (C=O) groups excluding carboxylic acids is 1. The van der Waals surface area contributed by atoms with Crippen molar-refractivity contribution in [3.05, 3.63) is 74.7 Å². The van der Waals surface area contributed by atoms with Crippen LogP contribution in [0.4, 0.5) is 5.69 Å². The number of thiazole rings is 1. The Morgan fingerprint density at radius 3 is 2.69 bits per heavy atom. The molecule has 0 unspecified atom stereocenters. The van der Waals surface area contributed by atoms with Crippen molar-refractivity contribution in [3.8, 4) is 5.75 Å². The molecular weight excluding hydrogens is 368 g/mol.